The topological polar surface area (TPSA) is 64.3 Å². The van der Waals surface area contributed by atoms with Gasteiger partial charge in [-0.15, -0.1) is 0 Å². The molecule has 0 fully saturated rings. The summed E-state index contributed by atoms with van der Waals surface area (Å²) in [5.41, 5.74) is 7.84. The molecule has 3 N–H and O–H groups in total. The van der Waals surface area contributed by atoms with E-state index in [1.807, 2.05) is 12.1 Å². The molecule has 0 aliphatic heterocycles. The molecular formula is C15H22N2O2. The highest BCUT2D eigenvalue weighted by Crippen LogP contribution is 2.36. The molecule has 19 heavy (non-hydrogen) atoms. The molecule has 0 heterocycles. The Balaban J connectivity index is 2.09. The standard InChI is InChI=1S/C15H22N2O2/c1-3-17-13-8-7-12-11(13)5-4-6-14(12)19-9-10(2)15(16)18/h4-6,10,13,17H,3,7-9H2,1-2H3,(H2,16,18). The number of carbonyl (C=O) groups is 1. The first-order chi connectivity index (χ1) is 9.13. The fourth-order valence-corrected chi connectivity index (χ4v) is 2.51. The van der Waals surface area contributed by atoms with Gasteiger partial charge in [-0.3, -0.25) is 4.79 Å². The predicted molar refractivity (Wildman–Crippen MR) is 75.0 cm³/mol. The summed E-state index contributed by atoms with van der Waals surface area (Å²) in [4.78, 5) is 11.0. The predicted octanol–water partition coefficient (Wildman–Crippen LogP) is 1.78. The summed E-state index contributed by atoms with van der Waals surface area (Å²) in [6, 6.07) is 6.57. The minimum Gasteiger partial charge on any atom is -0.492 e. The van der Waals surface area contributed by atoms with Gasteiger partial charge in [0.1, 0.15) is 5.75 Å². The van der Waals surface area contributed by atoms with Crippen LogP contribution in [0, 0.1) is 5.92 Å². The van der Waals surface area contributed by atoms with Crippen molar-refractivity contribution in [2.24, 2.45) is 11.7 Å². The third kappa shape index (κ3) is 3.07. The van der Waals surface area contributed by atoms with Gasteiger partial charge in [-0.05, 0) is 36.6 Å². The Bertz CT molecular complexity index is 459. The molecule has 0 spiro atoms. The molecule has 1 amide bonds. The second kappa shape index (κ2) is 6.06. The van der Waals surface area contributed by atoms with Gasteiger partial charge in [0.2, 0.25) is 5.91 Å². The number of ether oxygens (including phenoxy) is 1. The van der Waals surface area contributed by atoms with Crippen LogP contribution < -0.4 is 15.8 Å². The van der Waals surface area contributed by atoms with Crippen molar-refractivity contribution in [1.29, 1.82) is 0 Å². The lowest BCUT2D eigenvalue weighted by Crippen LogP contribution is -2.26. The van der Waals surface area contributed by atoms with Crippen molar-refractivity contribution in [1.82, 2.24) is 5.32 Å². The molecule has 1 aromatic carbocycles. The van der Waals surface area contributed by atoms with E-state index in [9.17, 15) is 4.79 Å². The lowest BCUT2D eigenvalue weighted by atomic mass is 10.1. The van der Waals surface area contributed by atoms with Gasteiger partial charge in [0.15, 0.2) is 0 Å². The van der Waals surface area contributed by atoms with Gasteiger partial charge in [0, 0.05) is 6.04 Å². The minimum absolute atomic E-state index is 0.262. The zero-order valence-corrected chi connectivity index (χ0v) is 11.6. The van der Waals surface area contributed by atoms with Crippen LogP contribution in [0.15, 0.2) is 18.2 Å². The number of rotatable bonds is 6. The number of hydrogen-bond donors (Lipinski definition) is 2. The van der Waals surface area contributed by atoms with Crippen LogP contribution in [0.3, 0.4) is 0 Å². The van der Waals surface area contributed by atoms with Crippen molar-refractivity contribution >= 4 is 5.91 Å². The lowest BCUT2D eigenvalue weighted by Gasteiger charge is -2.15. The number of benzene rings is 1. The maximum atomic E-state index is 11.0. The van der Waals surface area contributed by atoms with Crippen molar-refractivity contribution in [3.63, 3.8) is 0 Å². The number of primary amides is 1. The van der Waals surface area contributed by atoms with Gasteiger partial charge in [-0.2, -0.15) is 0 Å². The zero-order valence-electron chi connectivity index (χ0n) is 11.6. The van der Waals surface area contributed by atoms with E-state index in [1.165, 1.54) is 11.1 Å². The summed E-state index contributed by atoms with van der Waals surface area (Å²) in [5.74, 6) is 0.311. The van der Waals surface area contributed by atoms with Crippen LogP contribution in [0.4, 0.5) is 0 Å². The summed E-state index contributed by atoms with van der Waals surface area (Å²) < 4.78 is 5.77. The average Bonchev–Trinajstić information content (AvgIpc) is 2.80. The van der Waals surface area contributed by atoms with E-state index in [-0.39, 0.29) is 11.8 Å². The first kappa shape index (κ1) is 13.9. The third-order valence-corrected chi connectivity index (χ3v) is 3.65. The molecule has 0 saturated heterocycles. The fraction of sp³-hybridized carbons (Fsp3) is 0.533. The second-order valence-corrected chi connectivity index (χ2v) is 5.09. The molecular weight excluding hydrogens is 240 g/mol. The lowest BCUT2D eigenvalue weighted by molar-refractivity contribution is -0.122. The van der Waals surface area contributed by atoms with Crippen LogP contribution in [0.1, 0.15) is 37.4 Å². The molecule has 1 aromatic rings. The highest BCUT2D eigenvalue weighted by Gasteiger charge is 2.24. The van der Waals surface area contributed by atoms with Gasteiger partial charge in [-0.1, -0.05) is 26.0 Å². The zero-order chi connectivity index (χ0) is 13.8. The largest absolute Gasteiger partial charge is 0.492 e. The summed E-state index contributed by atoms with van der Waals surface area (Å²) in [7, 11) is 0. The van der Waals surface area contributed by atoms with E-state index in [0.29, 0.717) is 12.6 Å². The van der Waals surface area contributed by atoms with Crippen LogP contribution in [-0.2, 0) is 11.2 Å². The van der Waals surface area contributed by atoms with E-state index in [4.69, 9.17) is 10.5 Å². The molecule has 0 saturated carbocycles. The van der Waals surface area contributed by atoms with Gasteiger partial charge in [-0.25, -0.2) is 0 Å². The van der Waals surface area contributed by atoms with Gasteiger partial charge < -0.3 is 15.8 Å². The Labute approximate surface area is 114 Å². The maximum Gasteiger partial charge on any atom is 0.223 e. The molecule has 0 aromatic heterocycles. The first-order valence-corrected chi connectivity index (χ1v) is 6.90. The molecule has 104 valence electrons. The summed E-state index contributed by atoms with van der Waals surface area (Å²) >= 11 is 0. The summed E-state index contributed by atoms with van der Waals surface area (Å²) in [5, 5.41) is 3.48. The highest BCUT2D eigenvalue weighted by molar-refractivity contribution is 5.76. The molecule has 2 unspecified atom stereocenters. The molecule has 0 radical (unpaired) electrons. The van der Waals surface area contributed by atoms with E-state index in [1.54, 1.807) is 6.92 Å². The minimum atomic E-state index is -0.321. The van der Waals surface area contributed by atoms with Crippen molar-refractivity contribution in [2.45, 2.75) is 32.7 Å². The van der Waals surface area contributed by atoms with Crippen molar-refractivity contribution in [2.75, 3.05) is 13.2 Å². The quantitative estimate of drug-likeness (QED) is 0.821. The van der Waals surface area contributed by atoms with Crippen molar-refractivity contribution < 1.29 is 9.53 Å². The number of nitrogens with two attached hydrogens (primary N) is 1. The molecule has 4 heteroatoms. The van der Waals surface area contributed by atoms with Crippen LogP contribution in [-0.4, -0.2) is 19.1 Å². The number of hydrogen-bond acceptors (Lipinski definition) is 3. The molecule has 1 aliphatic rings. The third-order valence-electron chi connectivity index (χ3n) is 3.65. The Morgan fingerprint density at radius 3 is 3.05 bits per heavy atom. The Kier molecular flexibility index (Phi) is 4.43. The SMILES string of the molecule is CCNC1CCc2c(OCC(C)C(N)=O)cccc21. The normalized spacial score (nSPS) is 18.9. The van der Waals surface area contributed by atoms with E-state index in [0.717, 1.165) is 25.1 Å². The van der Waals surface area contributed by atoms with Crippen molar-refractivity contribution in [3.8, 4) is 5.75 Å². The van der Waals surface area contributed by atoms with E-state index < -0.39 is 0 Å². The molecule has 1 aliphatic carbocycles. The Hall–Kier alpha value is -1.55. The maximum absolute atomic E-state index is 11.0. The Morgan fingerprint density at radius 1 is 1.58 bits per heavy atom. The number of nitrogens with one attached hydrogen (secondary N) is 1. The van der Waals surface area contributed by atoms with E-state index >= 15 is 0 Å². The Morgan fingerprint density at radius 2 is 2.37 bits per heavy atom. The van der Waals surface area contributed by atoms with Crippen LogP contribution in [0.25, 0.3) is 0 Å². The average molecular weight is 262 g/mol. The van der Waals surface area contributed by atoms with Gasteiger partial charge in [0.05, 0.1) is 12.5 Å². The van der Waals surface area contributed by atoms with Crippen LogP contribution >= 0.6 is 0 Å². The van der Waals surface area contributed by atoms with Crippen LogP contribution in [0.2, 0.25) is 0 Å². The highest BCUT2D eigenvalue weighted by atomic mass is 16.5. The summed E-state index contributed by atoms with van der Waals surface area (Å²) in [6.45, 7) is 5.21. The molecule has 2 atom stereocenters. The van der Waals surface area contributed by atoms with Gasteiger partial charge >= 0.3 is 0 Å². The van der Waals surface area contributed by atoms with E-state index in [2.05, 4.69) is 18.3 Å². The number of carbonyl (C=O) groups excluding carboxylic acids is 1. The van der Waals surface area contributed by atoms with Crippen LogP contribution in [0.5, 0.6) is 5.75 Å². The van der Waals surface area contributed by atoms with Gasteiger partial charge in [0.25, 0.3) is 0 Å². The molecule has 2 rings (SSSR count). The number of amides is 1. The number of fused-ring (bicyclic) bond motifs is 1. The molecule has 4 nitrogen and oxygen atoms in total. The fourth-order valence-electron chi connectivity index (χ4n) is 2.51. The second-order valence-electron chi connectivity index (χ2n) is 5.09. The summed E-state index contributed by atoms with van der Waals surface area (Å²) in [6.07, 6.45) is 2.13. The smallest absolute Gasteiger partial charge is 0.223 e. The monoisotopic (exact) mass is 262 g/mol. The van der Waals surface area contributed by atoms with Crippen molar-refractivity contribution in [3.05, 3.63) is 29.3 Å². The first-order valence-electron chi connectivity index (χ1n) is 6.90. The molecule has 0 bridgehead atoms.